The lowest BCUT2D eigenvalue weighted by atomic mass is 10.1. The van der Waals surface area contributed by atoms with Crippen LogP contribution in [0.5, 0.6) is 0 Å². The zero-order valence-corrected chi connectivity index (χ0v) is 12.4. The van der Waals surface area contributed by atoms with Gasteiger partial charge >= 0.3 is 0 Å². The largest absolute Gasteiger partial charge is 0.309 e. The van der Waals surface area contributed by atoms with Crippen LogP contribution in [0, 0.1) is 0 Å². The van der Waals surface area contributed by atoms with Crippen LogP contribution in [-0.4, -0.2) is 36.1 Å². The van der Waals surface area contributed by atoms with Gasteiger partial charge in [-0.3, -0.25) is 4.98 Å². The van der Waals surface area contributed by atoms with Crippen molar-refractivity contribution in [3.05, 3.63) is 66.0 Å². The highest BCUT2D eigenvalue weighted by Crippen LogP contribution is 2.17. The third kappa shape index (κ3) is 4.13. The number of nitrogens with one attached hydrogen (secondary N) is 1. The molecule has 3 rings (SSSR count). The summed E-state index contributed by atoms with van der Waals surface area (Å²) in [5.41, 5.74) is 2.72. The van der Waals surface area contributed by atoms with Crippen molar-refractivity contribution in [2.45, 2.75) is 18.9 Å². The molecule has 1 N–H and O–H groups in total. The summed E-state index contributed by atoms with van der Waals surface area (Å²) in [7, 11) is 0. The van der Waals surface area contributed by atoms with Crippen molar-refractivity contribution < 1.29 is 0 Å². The van der Waals surface area contributed by atoms with Gasteiger partial charge in [-0.2, -0.15) is 0 Å². The minimum atomic E-state index is 0.447. The zero-order chi connectivity index (χ0) is 14.3. The third-order valence-corrected chi connectivity index (χ3v) is 4.12. The van der Waals surface area contributed by atoms with Crippen molar-refractivity contribution >= 4 is 0 Å². The van der Waals surface area contributed by atoms with E-state index in [1.165, 1.54) is 24.1 Å². The van der Waals surface area contributed by atoms with E-state index in [9.17, 15) is 0 Å². The summed E-state index contributed by atoms with van der Waals surface area (Å²) in [5, 5.41) is 3.67. The summed E-state index contributed by atoms with van der Waals surface area (Å²) >= 11 is 0. The van der Waals surface area contributed by atoms with E-state index in [-0.39, 0.29) is 0 Å². The average molecular weight is 281 g/mol. The highest BCUT2D eigenvalue weighted by Gasteiger charge is 2.18. The van der Waals surface area contributed by atoms with Gasteiger partial charge in [0.05, 0.1) is 0 Å². The van der Waals surface area contributed by atoms with Gasteiger partial charge < -0.3 is 10.2 Å². The normalized spacial score (nSPS) is 20.1. The molecule has 3 heteroatoms. The van der Waals surface area contributed by atoms with Gasteiger partial charge in [-0.25, -0.2) is 0 Å². The van der Waals surface area contributed by atoms with Crippen molar-refractivity contribution in [3.63, 3.8) is 0 Å². The molecule has 0 bridgehead atoms. The molecule has 110 valence electrons. The standard InChI is InChI=1S/C18H23N3/c1-2-7-17(8-3-1)18-15-21(12-5-11-20-18)13-9-16-6-4-10-19-14-16/h1-4,6-8,10,14,18,20H,5,9,11-13,15H2. The highest BCUT2D eigenvalue weighted by atomic mass is 15.2. The summed E-state index contributed by atoms with van der Waals surface area (Å²) in [4.78, 5) is 6.77. The Bertz CT molecular complexity index is 527. The van der Waals surface area contributed by atoms with Gasteiger partial charge in [-0.1, -0.05) is 36.4 Å². The molecule has 1 aromatic heterocycles. The zero-order valence-electron chi connectivity index (χ0n) is 12.4. The number of nitrogens with zero attached hydrogens (tertiary/aromatic N) is 2. The van der Waals surface area contributed by atoms with Crippen molar-refractivity contribution in [3.8, 4) is 0 Å². The molecular weight excluding hydrogens is 258 g/mol. The number of aromatic nitrogens is 1. The predicted molar refractivity (Wildman–Crippen MR) is 86.2 cm³/mol. The molecule has 0 radical (unpaired) electrons. The van der Waals surface area contributed by atoms with Crippen molar-refractivity contribution in [2.75, 3.05) is 26.2 Å². The molecular formula is C18H23N3. The molecule has 1 atom stereocenters. The van der Waals surface area contributed by atoms with Crippen LogP contribution in [0.2, 0.25) is 0 Å². The maximum Gasteiger partial charge on any atom is 0.0449 e. The van der Waals surface area contributed by atoms with E-state index in [1.807, 2.05) is 18.5 Å². The van der Waals surface area contributed by atoms with E-state index < -0.39 is 0 Å². The summed E-state index contributed by atoms with van der Waals surface area (Å²) in [6.45, 7) is 4.47. The lowest BCUT2D eigenvalue weighted by molar-refractivity contribution is 0.272. The number of hydrogen-bond acceptors (Lipinski definition) is 3. The quantitative estimate of drug-likeness (QED) is 0.934. The fourth-order valence-corrected chi connectivity index (χ4v) is 2.94. The summed E-state index contributed by atoms with van der Waals surface area (Å²) in [5.74, 6) is 0. The van der Waals surface area contributed by atoms with E-state index in [4.69, 9.17) is 0 Å². The second-order valence-corrected chi connectivity index (χ2v) is 5.68. The number of pyridine rings is 1. The van der Waals surface area contributed by atoms with Crippen LogP contribution in [0.25, 0.3) is 0 Å². The summed E-state index contributed by atoms with van der Waals surface area (Å²) < 4.78 is 0. The lowest BCUT2D eigenvalue weighted by Gasteiger charge is -2.24. The first-order chi connectivity index (χ1) is 10.4. The third-order valence-electron chi connectivity index (χ3n) is 4.12. The average Bonchev–Trinajstić information content (AvgIpc) is 2.80. The maximum atomic E-state index is 4.20. The molecule has 1 aliphatic rings. The van der Waals surface area contributed by atoms with Crippen molar-refractivity contribution in [1.29, 1.82) is 0 Å². The second kappa shape index (κ2) is 7.34. The smallest absolute Gasteiger partial charge is 0.0449 e. The van der Waals surface area contributed by atoms with Crippen LogP contribution in [0.4, 0.5) is 0 Å². The van der Waals surface area contributed by atoms with Crippen LogP contribution in [0.1, 0.15) is 23.6 Å². The van der Waals surface area contributed by atoms with Crippen LogP contribution < -0.4 is 5.32 Å². The van der Waals surface area contributed by atoms with Crippen LogP contribution in [0.3, 0.4) is 0 Å². The van der Waals surface area contributed by atoms with E-state index in [2.05, 4.69) is 51.6 Å². The molecule has 2 aromatic rings. The molecule has 3 nitrogen and oxygen atoms in total. The van der Waals surface area contributed by atoms with Crippen LogP contribution in [0.15, 0.2) is 54.9 Å². The number of benzene rings is 1. The maximum absolute atomic E-state index is 4.20. The fourth-order valence-electron chi connectivity index (χ4n) is 2.94. The molecule has 21 heavy (non-hydrogen) atoms. The predicted octanol–water partition coefficient (Wildman–Crippen LogP) is 2.66. The van der Waals surface area contributed by atoms with Crippen molar-refractivity contribution in [2.24, 2.45) is 0 Å². The number of hydrogen-bond donors (Lipinski definition) is 1. The molecule has 0 aliphatic carbocycles. The Labute approximate surface area is 127 Å². The van der Waals surface area contributed by atoms with E-state index in [1.54, 1.807) is 0 Å². The van der Waals surface area contributed by atoms with Gasteiger partial charge in [0.15, 0.2) is 0 Å². The second-order valence-electron chi connectivity index (χ2n) is 5.68. The van der Waals surface area contributed by atoms with Crippen LogP contribution >= 0.6 is 0 Å². The molecule has 1 aliphatic heterocycles. The summed E-state index contributed by atoms with van der Waals surface area (Å²) in [6, 6.07) is 15.4. The Morgan fingerprint density at radius 2 is 2.05 bits per heavy atom. The topological polar surface area (TPSA) is 28.2 Å². The molecule has 1 aromatic carbocycles. The van der Waals surface area contributed by atoms with Gasteiger partial charge in [0.1, 0.15) is 0 Å². The van der Waals surface area contributed by atoms with Gasteiger partial charge in [-0.05, 0) is 43.1 Å². The fraction of sp³-hybridized carbons (Fsp3) is 0.389. The van der Waals surface area contributed by atoms with Gasteiger partial charge in [0, 0.05) is 31.5 Å². The molecule has 0 spiro atoms. The Hall–Kier alpha value is -1.71. The minimum absolute atomic E-state index is 0.447. The summed E-state index contributed by atoms with van der Waals surface area (Å²) in [6.07, 6.45) is 6.11. The Balaban J connectivity index is 1.60. The number of rotatable bonds is 4. The lowest BCUT2D eigenvalue weighted by Crippen LogP contribution is -2.32. The monoisotopic (exact) mass is 281 g/mol. The first-order valence-electron chi connectivity index (χ1n) is 7.81. The molecule has 1 fully saturated rings. The van der Waals surface area contributed by atoms with E-state index in [0.29, 0.717) is 6.04 Å². The molecule has 0 saturated carbocycles. The molecule has 1 saturated heterocycles. The Kier molecular flexibility index (Phi) is 4.98. The van der Waals surface area contributed by atoms with Gasteiger partial charge in [0.2, 0.25) is 0 Å². The van der Waals surface area contributed by atoms with Gasteiger partial charge in [-0.15, -0.1) is 0 Å². The molecule has 2 heterocycles. The Morgan fingerprint density at radius 3 is 2.86 bits per heavy atom. The highest BCUT2D eigenvalue weighted by molar-refractivity contribution is 5.19. The van der Waals surface area contributed by atoms with E-state index >= 15 is 0 Å². The minimum Gasteiger partial charge on any atom is -0.309 e. The first-order valence-corrected chi connectivity index (χ1v) is 7.81. The molecule has 1 unspecified atom stereocenters. The van der Waals surface area contributed by atoms with Gasteiger partial charge in [0.25, 0.3) is 0 Å². The Morgan fingerprint density at radius 1 is 1.14 bits per heavy atom. The first kappa shape index (κ1) is 14.2. The van der Waals surface area contributed by atoms with Crippen molar-refractivity contribution in [1.82, 2.24) is 15.2 Å². The molecule has 0 amide bonds. The van der Waals surface area contributed by atoms with E-state index in [0.717, 1.165) is 26.1 Å². The van der Waals surface area contributed by atoms with Crippen LogP contribution in [-0.2, 0) is 6.42 Å². The SMILES string of the molecule is c1ccc(C2CN(CCc3cccnc3)CCCN2)cc1.